The topological polar surface area (TPSA) is 160 Å². The van der Waals surface area contributed by atoms with Gasteiger partial charge in [-0.05, 0) is 86.1 Å². The third kappa shape index (κ3) is 10.1. The van der Waals surface area contributed by atoms with Gasteiger partial charge in [0.25, 0.3) is 0 Å². The van der Waals surface area contributed by atoms with Crippen LogP contribution in [0.5, 0.6) is 5.75 Å². The van der Waals surface area contributed by atoms with Gasteiger partial charge < -0.3 is 38.6 Å². The second-order valence-electron chi connectivity index (χ2n) is 14.9. The van der Waals surface area contributed by atoms with Gasteiger partial charge in [0, 0.05) is 13.1 Å². The van der Waals surface area contributed by atoms with Crippen molar-refractivity contribution in [3.05, 3.63) is 42.5 Å². The molecule has 2 aliphatic heterocycles. The molecule has 276 valence electrons. The molecule has 1 aromatic carbocycles. The molecule has 2 saturated heterocycles. The number of rotatable bonds is 12. The van der Waals surface area contributed by atoms with Gasteiger partial charge in [0.05, 0.1) is 12.9 Å². The van der Waals surface area contributed by atoms with Gasteiger partial charge in [-0.25, -0.2) is 24.5 Å². The molecule has 15 nitrogen and oxygen atoms in total. The van der Waals surface area contributed by atoms with E-state index in [1.807, 2.05) is 58.9 Å². The van der Waals surface area contributed by atoms with E-state index in [4.69, 9.17) is 34.8 Å². The molecule has 0 unspecified atom stereocenters. The Morgan fingerprint density at radius 1 is 1.02 bits per heavy atom. The molecular formula is C36H49N7O8. The van der Waals surface area contributed by atoms with Gasteiger partial charge in [-0.15, -0.1) is 6.42 Å². The Labute approximate surface area is 298 Å². The Bertz CT molecular complexity index is 1710. The molecule has 3 aromatic rings. The normalized spacial score (nSPS) is 21.2. The lowest BCUT2D eigenvalue weighted by molar-refractivity contribution is -0.197. The molecule has 51 heavy (non-hydrogen) atoms. The molecular weight excluding hydrogens is 658 g/mol. The minimum atomic E-state index is -0.906. The van der Waals surface area contributed by atoms with E-state index in [-0.39, 0.29) is 19.0 Å². The Morgan fingerprint density at radius 3 is 2.41 bits per heavy atom. The average Bonchev–Trinajstić information content (AvgIpc) is 3.69. The van der Waals surface area contributed by atoms with Gasteiger partial charge in [0.15, 0.2) is 29.0 Å². The fourth-order valence-electron chi connectivity index (χ4n) is 5.82. The lowest BCUT2D eigenvalue weighted by Crippen LogP contribution is -2.45. The number of carbonyl (C=O) groups is 2. The van der Waals surface area contributed by atoms with Crippen molar-refractivity contribution in [3.8, 4) is 18.1 Å². The number of nitrogens with one attached hydrogen (secondary N) is 2. The minimum absolute atomic E-state index is 0.193. The number of hydrogen-bond donors (Lipinski definition) is 2. The third-order valence-electron chi connectivity index (χ3n) is 7.79. The van der Waals surface area contributed by atoms with Crippen LogP contribution in [0.4, 0.5) is 15.4 Å². The summed E-state index contributed by atoms with van der Waals surface area (Å²) in [5.41, 5.74) is 0.467. The van der Waals surface area contributed by atoms with Crippen LogP contribution in [0.3, 0.4) is 0 Å². The first kappa shape index (κ1) is 37.8. The predicted molar refractivity (Wildman–Crippen MR) is 188 cm³/mol. The van der Waals surface area contributed by atoms with E-state index in [9.17, 15) is 9.59 Å². The summed E-state index contributed by atoms with van der Waals surface area (Å²) < 4.78 is 37.7. The SMILES string of the molecule is C#CCOc1ccc(CNCCCN(C[C@H]2O[C@@H](n3cnc4c(NC(=O)OC(C)(C)C)ncnc43)[C@@H]3OC(C)(C)O[C@@H]32)C(=O)OC(C)(C)C)cc1. The van der Waals surface area contributed by atoms with Crippen molar-refractivity contribution < 1.29 is 38.0 Å². The van der Waals surface area contributed by atoms with Gasteiger partial charge in [0.1, 0.15) is 48.2 Å². The number of terminal acetylenes is 1. The second kappa shape index (κ2) is 15.4. The zero-order chi connectivity index (χ0) is 37.0. The molecule has 0 bridgehead atoms. The van der Waals surface area contributed by atoms with Crippen LogP contribution in [0.25, 0.3) is 11.2 Å². The minimum Gasteiger partial charge on any atom is -0.481 e. The highest BCUT2D eigenvalue weighted by atomic mass is 16.8. The van der Waals surface area contributed by atoms with Crippen LogP contribution in [0.15, 0.2) is 36.9 Å². The quantitative estimate of drug-likeness (QED) is 0.191. The Morgan fingerprint density at radius 2 is 1.73 bits per heavy atom. The lowest BCUT2D eigenvalue weighted by Gasteiger charge is -2.31. The van der Waals surface area contributed by atoms with E-state index in [0.29, 0.717) is 37.2 Å². The summed E-state index contributed by atoms with van der Waals surface area (Å²) in [5.74, 6) is 2.46. The van der Waals surface area contributed by atoms with Crippen LogP contribution in [0.1, 0.15) is 73.6 Å². The van der Waals surface area contributed by atoms with Crippen molar-refractivity contribution in [2.45, 2.75) is 110 Å². The number of imidazole rings is 1. The number of carbonyl (C=O) groups excluding carboxylic acids is 2. The number of aromatic nitrogens is 4. The van der Waals surface area contributed by atoms with Gasteiger partial charge >= 0.3 is 12.2 Å². The largest absolute Gasteiger partial charge is 0.481 e. The number of anilines is 1. The van der Waals surface area contributed by atoms with Crippen LogP contribution in [-0.2, 0) is 30.2 Å². The van der Waals surface area contributed by atoms with Crippen LogP contribution in [-0.4, -0.2) is 98.1 Å². The average molecular weight is 708 g/mol. The number of nitrogens with zero attached hydrogens (tertiary/aromatic N) is 5. The number of hydrogen-bond acceptors (Lipinski definition) is 12. The maximum absolute atomic E-state index is 13.5. The molecule has 4 atom stereocenters. The summed E-state index contributed by atoms with van der Waals surface area (Å²) in [6, 6.07) is 7.73. The maximum Gasteiger partial charge on any atom is 0.413 e. The molecule has 0 radical (unpaired) electrons. The Balaban J connectivity index is 1.28. The number of benzene rings is 1. The van der Waals surface area contributed by atoms with Gasteiger partial charge in [-0.1, -0.05) is 18.1 Å². The number of amides is 2. The standard InChI is InChI=1S/C36H49N7O8/c1-10-18-46-24-14-12-23(13-15-24)19-37-16-11-17-42(33(45)51-35(5,6)7)20-25-27-28(49-36(8,9)48-27)31(47-25)43-22-40-26-29(38-21-39-30(26)43)41-32(44)50-34(2,3)4/h1,12-15,21-22,25,27-28,31,37H,11,16-20H2,2-9H3,(H,38,39,41,44)/t25-,27-,28-,31-/m1/s1. The zero-order valence-electron chi connectivity index (χ0n) is 30.6. The second-order valence-corrected chi connectivity index (χ2v) is 14.9. The molecule has 5 rings (SSSR count). The van der Waals surface area contributed by atoms with Crippen LogP contribution in [0.2, 0.25) is 0 Å². The smallest absolute Gasteiger partial charge is 0.413 e. The molecule has 2 fully saturated rings. The van der Waals surface area contributed by atoms with Crippen molar-refractivity contribution in [1.29, 1.82) is 0 Å². The van der Waals surface area contributed by atoms with E-state index < -0.39 is 53.7 Å². The number of ether oxygens (including phenoxy) is 6. The summed E-state index contributed by atoms with van der Waals surface area (Å²) >= 11 is 0. The van der Waals surface area contributed by atoms with E-state index in [1.54, 1.807) is 36.6 Å². The summed E-state index contributed by atoms with van der Waals surface area (Å²) in [6.45, 7) is 16.6. The summed E-state index contributed by atoms with van der Waals surface area (Å²) in [4.78, 5) is 40.8. The first-order valence-corrected chi connectivity index (χ1v) is 17.0. The highest BCUT2D eigenvalue weighted by molar-refractivity contribution is 5.93. The lowest BCUT2D eigenvalue weighted by atomic mass is 10.1. The van der Waals surface area contributed by atoms with Gasteiger partial charge in [0.2, 0.25) is 0 Å². The van der Waals surface area contributed by atoms with Crippen LogP contribution >= 0.6 is 0 Å². The molecule has 2 N–H and O–H groups in total. The first-order chi connectivity index (χ1) is 24.0. The van der Waals surface area contributed by atoms with E-state index >= 15 is 0 Å². The van der Waals surface area contributed by atoms with Crippen molar-refractivity contribution >= 4 is 29.2 Å². The molecule has 0 spiro atoms. The molecule has 15 heteroatoms. The van der Waals surface area contributed by atoms with Crippen molar-refractivity contribution in [3.63, 3.8) is 0 Å². The molecule has 2 aromatic heterocycles. The highest BCUT2D eigenvalue weighted by Gasteiger charge is 2.56. The fourth-order valence-corrected chi connectivity index (χ4v) is 5.82. The molecule has 4 heterocycles. The van der Waals surface area contributed by atoms with Crippen molar-refractivity contribution in [1.82, 2.24) is 29.7 Å². The van der Waals surface area contributed by atoms with E-state index in [2.05, 4.69) is 31.5 Å². The molecule has 2 aliphatic rings. The van der Waals surface area contributed by atoms with Crippen molar-refractivity contribution in [2.75, 3.05) is 31.6 Å². The van der Waals surface area contributed by atoms with Gasteiger partial charge in [-0.3, -0.25) is 9.88 Å². The molecule has 2 amide bonds. The third-order valence-corrected chi connectivity index (χ3v) is 7.79. The summed E-state index contributed by atoms with van der Waals surface area (Å²) in [5, 5.41) is 6.09. The van der Waals surface area contributed by atoms with Gasteiger partial charge in [-0.2, -0.15) is 0 Å². The van der Waals surface area contributed by atoms with Crippen molar-refractivity contribution in [2.24, 2.45) is 0 Å². The fraction of sp³-hybridized carbons (Fsp3) is 0.583. The highest BCUT2D eigenvalue weighted by Crippen LogP contribution is 2.44. The predicted octanol–water partition coefficient (Wildman–Crippen LogP) is 5.02. The van der Waals surface area contributed by atoms with E-state index in [1.165, 1.54) is 6.33 Å². The summed E-state index contributed by atoms with van der Waals surface area (Å²) in [6.07, 6.45) is 5.35. The zero-order valence-corrected chi connectivity index (χ0v) is 30.6. The summed E-state index contributed by atoms with van der Waals surface area (Å²) in [7, 11) is 0. The Kier molecular flexibility index (Phi) is 11.4. The monoisotopic (exact) mass is 707 g/mol. The van der Waals surface area contributed by atoms with Crippen LogP contribution in [0, 0.1) is 12.3 Å². The molecule has 0 aliphatic carbocycles. The molecule has 0 saturated carbocycles. The van der Waals surface area contributed by atoms with E-state index in [0.717, 1.165) is 11.3 Å². The first-order valence-electron chi connectivity index (χ1n) is 17.0. The Hall–Kier alpha value is -4.49. The number of fused-ring (bicyclic) bond motifs is 2. The van der Waals surface area contributed by atoms with Crippen LogP contribution < -0.4 is 15.4 Å². The maximum atomic E-state index is 13.5.